The smallest absolute Gasteiger partial charge is 0.410 e. The van der Waals surface area contributed by atoms with Gasteiger partial charge in [0.25, 0.3) is 0 Å². The molecule has 0 bridgehead atoms. The van der Waals surface area contributed by atoms with Crippen LogP contribution in [0.2, 0.25) is 0 Å². The monoisotopic (exact) mass is 586 g/mol. The van der Waals surface area contributed by atoms with Crippen LogP contribution >= 0.6 is 0 Å². The molecule has 0 heterocycles. The van der Waals surface area contributed by atoms with Gasteiger partial charge in [-0.3, -0.25) is 0 Å². The Balaban J connectivity index is 1.34. The molecule has 10 heteroatoms. The van der Waals surface area contributed by atoms with Gasteiger partial charge in [-0.15, -0.1) is 0 Å². The van der Waals surface area contributed by atoms with Crippen molar-refractivity contribution in [3.8, 4) is 0 Å². The van der Waals surface area contributed by atoms with E-state index >= 15 is 0 Å². The third-order valence-electron chi connectivity index (χ3n) is 7.68. The SMILES string of the molecule is C[C@@H]1C(N=[N+]=[N-])C(OCCCN(Cc2ccccc2)C(=O)OCc2ccccc2)CC(COC(=O)c2ccccc2)[C@H]1O. The van der Waals surface area contributed by atoms with Crippen LogP contribution in [0.3, 0.4) is 0 Å². The summed E-state index contributed by atoms with van der Waals surface area (Å²) in [5, 5.41) is 14.9. The number of benzene rings is 3. The third-order valence-corrected chi connectivity index (χ3v) is 7.68. The zero-order valence-electron chi connectivity index (χ0n) is 24.3. The van der Waals surface area contributed by atoms with Crippen LogP contribution in [0.15, 0.2) is 96.1 Å². The number of azide groups is 1. The van der Waals surface area contributed by atoms with Gasteiger partial charge in [0.05, 0.1) is 30.4 Å². The number of rotatable bonds is 13. The van der Waals surface area contributed by atoms with Crippen LogP contribution in [0.5, 0.6) is 0 Å². The normalized spacial score (nSPS) is 21.3. The lowest BCUT2D eigenvalue weighted by Gasteiger charge is -2.41. The van der Waals surface area contributed by atoms with Crippen LogP contribution in [-0.4, -0.2) is 60.1 Å². The molecule has 3 unspecified atom stereocenters. The van der Waals surface area contributed by atoms with E-state index in [1.54, 1.807) is 36.1 Å². The minimum atomic E-state index is -0.834. The number of aliphatic hydroxyl groups is 1. The number of amides is 1. The lowest BCUT2D eigenvalue weighted by atomic mass is 9.75. The second kappa shape index (κ2) is 16.3. The van der Waals surface area contributed by atoms with Gasteiger partial charge in [0.15, 0.2) is 0 Å². The van der Waals surface area contributed by atoms with E-state index in [1.165, 1.54) is 0 Å². The number of aliphatic hydroxyl groups excluding tert-OH is 1. The van der Waals surface area contributed by atoms with Crippen molar-refractivity contribution in [2.24, 2.45) is 17.0 Å². The Labute approximate surface area is 251 Å². The highest BCUT2D eigenvalue weighted by Crippen LogP contribution is 2.34. The molecule has 1 fully saturated rings. The largest absolute Gasteiger partial charge is 0.462 e. The zero-order valence-corrected chi connectivity index (χ0v) is 24.3. The van der Waals surface area contributed by atoms with Gasteiger partial charge in [0.1, 0.15) is 6.61 Å². The van der Waals surface area contributed by atoms with Crippen molar-refractivity contribution in [2.75, 3.05) is 19.8 Å². The lowest BCUT2D eigenvalue weighted by molar-refractivity contribution is -0.0886. The summed E-state index contributed by atoms with van der Waals surface area (Å²) in [5.41, 5.74) is 11.5. The maximum absolute atomic E-state index is 13.0. The predicted octanol–water partition coefficient (Wildman–Crippen LogP) is 6.15. The van der Waals surface area contributed by atoms with Crippen molar-refractivity contribution < 1.29 is 28.9 Å². The summed E-state index contributed by atoms with van der Waals surface area (Å²) in [4.78, 5) is 30.1. The molecule has 4 rings (SSSR count). The van der Waals surface area contributed by atoms with E-state index in [4.69, 9.17) is 14.2 Å². The van der Waals surface area contributed by atoms with Crippen LogP contribution in [0, 0.1) is 11.8 Å². The Bertz CT molecular complexity index is 1340. The molecule has 226 valence electrons. The highest BCUT2D eigenvalue weighted by molar-refractivity contribution is 5.89. The molecule has 3 aromatic rings. The van der Waals surface area contributed by atoms with Crippen molar-refractivity contribution in [1.82, 2.24) is 4.90 Å². The number of esters is 1. The van der Waals surface area contributed by atoms with Crippen LogP contribution in [0.1, 0.15) is 41.3 Å². The summed E-state index contributed by atoms with van der Waals surface area (Å²) in [6.07, 6.45) is -0.877. The summed E-state index contributed by atoms with van der Waals surface area (Å²) in [5.74, 6) is -1.26. The molecule has 1 amide bonds. The number of hydrogen-bond acceptors (Lipinski definition) is 7. The number of nitrogens with zero attached hydrogens (tertiary/aromatic N) is 4. The van der Waals surface area contributed by atoms with Crippen LogP contribution in [-0.2, 0) is 27.4 Å². The Hall–Kier alpha value is -4.37. The molecule has 0 radical (unpaired) electrons. The second-order valence-electron chi connectivity index (χ2n) is 10.7. The summed E-state index contributed by atoms with van der Waals surface area (Å²) >= 11 is 0. The van der Waals surface area contributed by atoms with Crippen molar-refractivity contribution in [1.29, 1.82) is 0 Å². The molecular formula is C33H38N4O6. The quantitative estimate of drug-likeness (QED) is 0.0839. The number of carbonyl (C=O) groups excluding carboxylic acids is 2. The molecule has 5 atom stereocenters. The first-order chi connectivity index (χ1) is 21.0. The van der Waals surface area contributed by atoms with E-state index in [2.05, 4.69) is 10.0 Å². The van der Waals surface area contributed by atoms with Crippen molar-refractivity contribution in [3.63, 3.8) is 0 Å². The minimum Gasteiger partial charge on any atom is -0.462 e. The molecule has 1 aliphatic rings. The van der Waals surface area contributed by atoms with Gasteiger partial charge >= 0.3 is 12.1 Å². The maximum Gasteiger partial charge on any atom is 0.410 e. The molecular weight excluding hydrogens is 548 g/mol. The van der Waals surface area contributed by atoms with Crippen LogP contribution in [0.25, 0.3) is 10.4 Å². The molecule has 3 aromatic carbocycles. The summed E-state index contributed by atoms with van der Waals surface area (Å²) < 4.78 is 17.3. The van der Waals surface area contributed by atoms with Gasteiger partial charge in [-0.05, 0) is 47.6 Å². The van der Waals surface area contributed by atoms with E-state index in [-0.39, 0.29) is 19.1 Å². The number of hydrogen-bond donors (Lipinski definition) is 1. The molecule has 0 aliphatic heterocycles. The van der Waals surface area contributed by atoms with Gasteiger partial charge in [0, 0.05) is 30.5 Å². The highest BCUT2D eigenvalue weighted by atomic mass is 16.6. The first-order valence-corrected chi connectivity index (χ1v) is 14.5. The Morgan fingerprint density at radius 2 is 1.58 bits per heavy atom. The van der Waals surface area contributed by atoms with Crippen molar-refractivity contribution >= 4 is 12.1 Å². The summed E-state index contributed by atoms with van der Waals surface area (Å²) in [7, 11) is 0. The molecule has 0 saturated heterocycles. The number of carbonyl (C=O) groups is 2. The highest BCUT2D eigenvalue weighted by Gasteiger charge is 2.42. The summed E-state index contributed by atoms with van der Waals surface area (Å²) in [6, 6.07) is 27.3. The maximum atomic E-state index is 13.0. The fourth-order valence-corrected chi connectivity index (χ4v) is 5.30. The minimum absolute atomic E-state index is 0.0141. The zero-order chi connectivity index (χ0) is 30.4. The van der Waals surface area contributed by atoms with Crippen molar-refractivity contribution in [3.05, 3.63) is 118 Å². The van der Waals surface area contributed by atoms with Gasteiger partial charge in [-0.25, -0.2) is 9.59 Å². The van der Waals surface area contributed by atoms with E-state index < -0.39 is 36.2 Å². The first-order valence-electron chi connectivity index (χ1n) is 14.5. The second-order valence-corrected chi connectivity index (χ2v) is 10.7. The molecule has 1 N–H and O–H groups in total. The molecule has 0 spiro atoms. The molecule has 1 aliphatic carbocycles. The first kappa shape index (κ1) is 31.6. The lowest BCUT2D eigenvalue weighted by Crippen LogP contribution is -2.50. The topological polar surface area (TPSA) is 134 Å². The molecule has 43 heavy (non-hydrogen) atoms. The van der Waals surface area contributed by atoms with E-state index in [1.807, 2.05) is 66.7 Å². The summed E-state index contributed by atoms with van der Waals surface area (Å²) in [6.45, 7) is 3.05. The molecule has 0 aromatic heterocycles. The van der Waals surface area contributed by atoms with Gasteiger partial charge in [0.2, 0.25) is 0 Å². The average molecular weight is 587 g/mol. The molecule has 10 nitrogen and oxygen atoms in total. The Morgan fingerprint density at radius 3 is 2.23 bits per heavy atom. The van der Waals surface area contributed by atoms with Gasteiger partial charge in [-0.2, -0.15) is 0 Å². The fourth-order valence-electron chi connectivity index (χ4n) is 5.30. The third kappa shape index (κ3) is 9.31. The predicted molar refractivity (Wildman–Crippen MR) is 161 cm³/mol. The average Bonchev–Trinajstić information content (AvgIpc) is 3.05. The number of ether oxygens (including phenoxy) is 3. The van der Waals surface area contributed by atoms with Gasteiger partial charge in [-0.1, -0.05) is 90.9 Å². The van der Waals surface area contributed by atoms with E-state index in [0.717, 1.165) is 11.1 Å². The van der Waals surface area contributed by atoms with Crippen molar-refractivity contribution in [2.45, 2.75) is 51.2 Å². The van der Waals surface area contributed by atoms with E-state index in [9.17, 15) is 20.2 Å². The Morgan fingerprint density at radius 1 is 0.953 bits per heavy atom. The van der Waals surface area contributed by atoms with Crippen LogP contribution < -0.4 is 0 Å². The Kier molecular flexibility index (Phi) is 12.0. The molecule has 1 saturated carbocycles. The van der Waals surface area contributed by atoms with Crippen LogP contribution in [0.4, 0.5) is 4.79 Å². The van der Waals surface area contributed by atoms with E-state index in [0.29, 0.717) is 38.1 Å². The standard InChI is InChI=1S/C33H38N4O6/c1-24-30(35-36-34)29(20-28(31(24)38)23-42-32(39)27-16-9-4-10-17-27)41-19-11-18-37(21-25-12-5-2-6-13-25)33(40)43-22-26-14-7-3-8-15-26/h2-10,12-17,24,28-31,38H,11,18-23H2,1H3/t24-,28?,29?,30?,31+/m1/s1. The van der Waals surface area contributed by atoms with Gasteiger partial charge < -0.3 is 24.2 Å². The fraction of sp³-hybridized carbons (Fsp3) is 0.394.